The van der Waals surface area contributed by atoms with Gasteiger partial charge in [-0.2, -0.15) is 0 Å². The summed E-state index contributed by atoms with van der Waals surface area (Å²) in [6.45, 7) is 4.62. The molecule has 6 heteroatoms. The molecule has 4 heterocycles. The zero-order chi connectivity index (χ0) is 19.8. The monoisotopic (exact) mass is 382 g/mol. The van der Waals surface area contributed by atoms with Gasteiger partial charge in [-0.25, -0.2) is 14.6 Å². The van der Waals surface area contributed by atoms with Crippen LogP contribution in [-0.4, -0.2) is 29.7 Å². The van der Waals surface area contributed by atoms with E-state index in [1.165, 1.54) is 17.7 Å². The van der Waals surface area contributed by atoms with E-state index >= 15 is 0 Å². The number of rotatable bonds is 3. The zero-order valence-electron chi connectivity index (χ0n) is 16.6. The standard InChI is InChI=1S/C23H22N6/c1-23(2)10-9-16-7-8-19(26-20(16)13-23)22-27-21(17-5-3-11-24-14-17)28-29(22)18-6-4-12-25-15-18/h3-8,11-12,14-15H,9-10,13H2,1-2H3. The Balaban J connectivity index is 1.65. The Hall–Kier alpha value is -3.41. The van der Waals surface area contributed by atoms with Gasteiger partial charge in [0.05, 0.1) is 11.9 Å². The molecule has 0 aromatic carbocycles. The van der Waals surface area contributed by atoms with E-state index in [0.29, 0.717) is 11.6 Å². The highest BCUT2D eigenvalue weighted by molar-refractivity contribution is 5.61. The van der Waals surface area contributed by atoms with E-state index in [1.54, 1.807) is 24.8 Å². The van der Waals surface area contributed by atoms with Gasteiger partial charge in [-0.3, -0.25) is 9.97 Å². The van der Waals surface area contributed by atoms with Crippen molar-refractivity contribution in [2.75, 3.05) is 0 Å². The second kappa shape index (κ2) is 6.88. The van der Waals surface area contributed by atoms with Gasteiger partial charge in [-0.1, -0.05) is 19.9 Å². The van der Waals surface area contributed by atoms with Crippen LogP contribution in [0.25, 0.3) is 28.6 Å². The quantitative estimate of drug-likeness (QED) is 0.528. The lowest BCUT2D eigenvalue weighted by atomic mass is 9.76. The lowest BCUT2D eigenvalue weighted by molar-refractivity contribution is 0.311. The highest BCUT2D eigenvalue weighted by atomic mass is 15.4. The number of hydrogen-bond donors (Lipinski definition) is 0. The predicted molar refractivity (Wildman–Crippen MR) is 111 cm³/mol. The predicted octanol–water partition coefficient (Wildman–Crippen LogP) is 4.30. The number of hydrogen-bond acceptors (Lipinski definition) is 5. The minimum atomic E-state index is 0.274. The average Bonchev–Trinajstić information content (AvgIpc) is 3.19. The van der Waals surface area contributed by atoms with Gasteiger partial charge in [-0.15, -0.1) is 5.10 Å². The number of aryl methyl sites for hydroxylation is 1. The summed E-state index contributed by atoms with van der Waals surface area (Å²) in [5, 5.41) is 4.75. The van der Waals surface area contributed by atoms with Crippen LogP contribution < -0.4 is 0 Å². The van der Waals surface area contributed by atoms with Gasteiger partial charge in [0, 0.05) is 29.8 Å². The minimum Gasteiger partial charge on any atom is -0.264 e. The molecule has 0 fully saturated rings. The van der Waals surface area contributed by atoms with Crippen LogP contribution in [-0.2, 0) is 12.8 Å². The maximum absolute atomic E-state index is 5.01. The molecule has 0 radical (unpaired) electrons. The van der Waals surface area contributed by atoms with Crippen molar-refractivity contribution >= 4 is 0 Å². The van der Waals surface area contributed by atoms with Gasteiger partial charge >= 0.3 is 0 Å². The van der Waals surface area contributed by atoms with Gasteiger partial charge in [0.25, 0.3) is 0 Å². The van der Waals surface area contributed by atoms with Crippen LogP contribution in [0.3, 0.4) is 0 Å². The van der Waals surface area contributed by atoms with E-state index in [2.05, 4.69) is 35.9 Å². The largest absolute Gasteiger partial charge is 0.264 e. The number of fused-ring (bicyclic) bond motifs is 1. The SMILES string of the molecule is CC1(C)CCc2ccc(-c3nc(-c4cccnc4)nn3-c3cccnc3)nc2C1. The fraction of sp³-hybridized carbons (Fsp3) is 0.261. The molecular weight excluding hydrogens is 360 g/mol. The van der Waals surface area contributed by atoms with E-state index in [4.69, 9.17) is 15.1 Å². The van der Waals surface area contributed by atoms with Crippen LogP contribution in [0.1, 0.15) is 31.5 Å². The first-order valence-electron chi connectivity index (χ1n) is 9.86. The van der Waals surface area contributed by atoms with Crippen molar-refractivity contribution in [3.05, 3.63) is 72.4 Å². The third kappa shape index (κ3) is 3.42. The van der Waals surface area contributed by atoms with Crippen molar-refractivity contribution in [2.24, 2.45) is 5.41 Å². The van der Waals surface area contributed by atoms with Crippen molar-refractivity contribution < 1.29 is 0 Å². The molecule has 0 saturated heterocycles. The highest BCUT2D eigenvalue weighted by Crippen LogP contribution is 2.35. The maximum Gasteiger partial charge on any atom is 0.183 e. The van der Waals surface area contributed by atoms with Crippen LogP contribution in [0.2, 0.25) is 0 Å². The summed E-state index contributed by atoms with van der Waals surface area (Å²) in [6, 6.07) is 12.0. The molecule has 0 spiro atoms. The third-order valence-corrected chi connectivity index (χ3v) is 5.43. The molecule has 0 aliphatic heterocycles. The first-order valence-corrected chi connectivity index (χ1v) is 9.86. The van der Waals surface area contributed by atoms with E-state index in [-0.39, 0.29) is 5.41 Å². The van der Waals surface area contributed by atoms with Crippen molar-refractivity contribution in [1.82, 2.24) is 29.7 Å². The Morgan fingerprint density at radius 2 is 1.76 bits per heavy atom. The van der Waals surface area contributed by atoms with E-state index in [0.717, 1.165) is 29.8 Å². The summed E-state index contributed by atoms with van der Waals surface area (Å²) >= 11 is 0. The molecule has 0 N–H and O–H groups in total. The summed E-state index contributed by atoms with van der Waals surface area (Å²) < 4.78 is 1.82. The number of aromatic nitrogens is 6. The van der Waals surface area contributed by atoms with E-state index in [9.17, 15) is 0 Å². The van der Waals surface area contributed by atoms with Gasteiger partial charge in [-0.05, 0) is 60.6 Å². The molecule has 29 heavy (non-hydrogen) atoms. The molecule has 4 aromatic heterocycles. The molecule has 1 aliphatic rings. The zero-order valence-corrected chi connectivity index (χ0v) is 16.6. The minimum absolute atomic E-state index is 0.274. The van der Waals surface area contributed by atoms with Gasteiger partial charge < -0.3 is 0 Å². The molecule has 0 unspecified atom stereocenters. The van der Waals surface area contributed by atoms with E-state index < -0.39 is 0 Å². The van der Waals surface area contributed by atoms with E-state index in [1.807, 2.05) is 28.9 Å². The molecule has 4 aromatic rings. The maximum atomic E-state index is 5.01. The molecule has 6 nitrogen and oxygen atoms in total. The van der Waals surface area contributed by atoms with Gasteiger partial charge in [0.2, 0.25) is 0 Å². The van der Waals surface area contributed by atoms with Crippen molar-refractivity contribution in [1.29, 1.82) is 0 Å². The van der Waals surface area contributed by atoms with Gasteiger partial charge in [0.15, 0.2) is 11.6 Å². The Morgan fingerprint density at radius 1 is 0.931 bits per heavy atom. The first kappa shape index (κ1) is 17.7. The lowest BCUT2D eigenvalue weighted by Crippen LogP contribution is -2.23. The topological polar surface area (TPSA) is 69.4 Å². The van der Waals surface area contributed by atoms with Crippen LogP contribution in [0.15, 0.2) is 61.2 Å². The second-order valence-corrected chi connectivity index (χ2v) is 8.27. The third-order valence-electron chi connectivity index (χ3n) is 5.43. The molecule has 5 rings (SSSR count). The summed E-state index contributed by atoms with van der Waals surface area (Å²) in [5.41, 5.74) is 5.33. The van der Waals surface area contributed by atoms with Crippen LogP contribution in [0.5, 0.6) is 0 Å². The van der Waals surface area contributed by atoms with Crippen molar-refractivity contribution in [3.8, 4) is 28.6 Å². The Morgan fingerprint density at radius 3 is 2.52 bits per heavy atom. The summed E-state index contributed by atoms with van der Waals surface area (Å²) in [7, 11) is 0. The Kier molecular flexibility index (Phi) is 4.19. The second-order valence-electron chi connectivity index (χ2n) is 8.27. The molecular formula is C23H22N6. The first-order chi connectivity index (χ1) is 14.1. The average molecular weight is 382 g/mol. The summed E-state index contributed by atoms with van der Waals surface area (Å²) in [6.07, 6.45) is 10.3. The van der Waals surface area contributed by atoms with Crippen LogP contribution >= 0.6 is 0 Å². The highest BCUT2D eigenvalue weighted by Gasteiger charge is 2.27. The molecule has 144 valence electrons. The van der Waals surface area contributed by atoms with Crippen molar-refractivity contribution in [3.63, 3.8) is 0 Å². The number of nitrogens with zero attached hydrogens (tertiary/aromatic N) is 6. The van der Waals surface area contributed by atoms with Crippen LogP contribution in [0.4, 0.5) is 0 Å². The number of pyridine rings is 3. The normalized spacial score (nSPS) is 15.1. The van der Waals surface area contributed by atoms with Gasteiger partial charge in [0.1, 0.15) is 5.69 Å². The molecule has 0 saturated carbocycles. The Labute approximate surface area is 169 Å². The lowest BCUT2D eigenvalue weighted by Gasteiger charge is -2.30. The summed E-state index contributed by atoms with van der Waals surface area (Å²) in [5.74, 6) is 1.33. The van der Waals surface area contributed by atoms with Crippen LogP contribution in [0, 0.1) is 5.41 Å². The molecule has 0 amide bonds. The Bertz CT molecular complexity index is 1150. The molecule has 1 aliphatic carbocycles. The molecule has 0 bridgehead atoms. The fourth-order valence-electron chi connectivity index (χ4n) is 3.80. The smallest absolute Gasteiger partial charge is 0.183 e. The molecule has 0 atom stereocenters. The summed E-state index contributed by atoms with van der Waals surface area (Å²) in [4.78, 5) is 18.3. The fourth-order valence-corrected chi connectivity index (χ4v) is 3.80. The van der Waals surface area contributed by atoms with Crippen molar-refractivity contribution in [2.45, 2.75) is 33.1 Å².